The lowest BCUT2D eigenvalue weighted by atomic mass is 9.86. The molecule has 4 heteroatoms. The van der Waals surface area contributed by atoms with Crippen LogP contribution in [-0.4, -0.2) is 23.1 Å². The van der Waals surface area contributed by atoms with Crippen molar-refractivity contribution in [3.8, 4) is 0 Å². The molecule has 0 fully saturated rings. The molecule has 0 rings (SSSR count). The van der Waals surface area contributed by atoms with Gasteiger partial charge in [-0.15, -0.1) is 0 Å². The minimum atomic E-state index is -0.676. The highest BCUT2D eigenvalue weighted by Gasteiger charge is 2.24. The van der Waals surface area contributed by atoms with Crippen molar-refractivity contribution in [1.29, 1.82) is 0 Å². The van der Waals surface area contributed by atoms with Gasteiger partial charge in [0.15, 0.2) is 0 Å². The van der Waals surface area contributed by atoms with Crippen molar-refractivity contribution in [2.24, 2.45) is 23.7 Å². The van der Waals surface area contributed by atoms with E-state index in [2.05, 4.69) is 0 Å². The number of ether oxygens (including phenoxy) is 1. The Kier molecular flexibility index (Phi) is 11.4. The van der Waals surface area contributed by atoms with Crippen LogP contribution in [0.5, 0.6) is 0 Å². The van der Waals surface area contributed by atoms with E-state index in [-0.39, 0.29) is 29.8 Å². The first-order chi connectivity index (χ1) is 8.98. The van der Waals surface area contributed by atoms with E-state index >= 15 is 0 Å². The fraction of sp³-hybridized carbons (Fsp3) is 0.875. The second kappa shape index (κ2) is 10.7. The zero-order valence-corrected chi connectivity index (χ0v) is 14.3. The lowest BCUT2D eigenvalue weighted by molar-refractivity contribution is -0.148. The maximum absolute atomic E-state index is 10.8. The van der Waals surface area contributed by atoms with E-state index in [0.717, 1.165) is 0 Å². The second-order valence-electron chi connectivity index (χ2n) is 6.49. The summed E-state index contributed by atoms with van der Waals surface area (Å²) in [5.74, 6) is -0.101. The molecular weight excluding hydrogens is 256 g/mol. The summed E-state index contributed by atoms with van der Waals surface area (Å²) in [6.07, 6.45) is 0.546. The number of carbonyl (C=O) groups is 2. The quantitative estimate of drug-likeness (QED) is 0.751. The third-order valence-electron chi connectivity index (χ3n) is 2.66. The average molecular weight is 288 g/mol. The van der Waals surface area contributed by atoms with Gasteiger partial charge in [-0.3, -0.25) is 9.59 Å². The molecule has 0 aromatic carbocycles. The van der Waals surface area contributed by atoms with Gasteiger partial charge in [-0.25, -0.2) is 0 Å². The molecule has 0 aromatic heterocycles. The van der Waals surface area contributed by atoms with Crippen LogP contribution >= 0.6 is 0 Å². The molecule has 0 aliphatic heterocycles. The van der Waals surface area contributed by atoms with Gasteiger partial charge in [0.1, 0.15) is 0 Å². The van der Waals surface area contributed by atoms with E-state index in [1.165, 1.54) is 0 Å². The van der Waals surface area contributed by atoms with Gasteiger partial charge in [0, 0.05) is 6.42 Å². The van der Waals surface area contributed by atoms with Crippen LogP contribution in [0, 0.1) is 23.7 Å². The molecule has 4 nitrogen and oxygen atoms in total. The molecule has 0 saturated heterocycles. The van der Waals surface area contributed by atoms with Crippen LogP contribution < -0.4 is 0 Å². The predicted molar refractivity (Wildman–Crippen MR) is 81.5 cm³/mol. The van der Waals surface area contributed by atoms with E-state index in [4.69, 9.17) is 9.84 Å². The number of aliphatic carboxylic acids is 1. The summed E-state index contributed by atoms with van der Waals surface area (Å²) in [4.78, 5) is 21.4. The van der Waals surface area contributed by atoms with Crippen molar-refractivity contribution in [2.45, 2.75) is 67.9 Å². The molecular formula is C16H32O4. The van der Waals surface area contributed by atoms with Crippen molar-refractivity contribution in [3.05, 3.63) is 0 Å². The number of carboxylic acids is 1. The van der Waals surface area contributed by atoms with E-state index in [1.54, 1.807) is 0 Å². The van der Waals surface area contributed by atoms with Gasteiger partial charge in [-0.2, -0.15) is 0 Å². The Morgan fingerprint density at radius 1 is 0.900 bits per heavy atom. The molecule has 0 aromatic rings. The van der Waals surface area contributed by atoms with Crippen molar-refractivity contribution in [1.82, 2.24) is 0 Å². The molecule has 0 aliphatic carbocycles. The Hall–Kier alpha value is -1.06. The SMILES string of the molecule is CC(C)C(C(=O)O)C(C)C.CC(C)CC(=O)OC(C)C. The fourth-order valence-electron chi connectivity index (χ4n) is 1.98. The molecule has 0 aliphatic rings. The number of hydrogen-bond acceptors (Lipinski definition) is 3. The van der Waals surface area contributed by atoms with Crippen LogP contribution in [0.1, 0.15) is 61.8 Å². The third-order valence-corrected chi connectivity index (χ3v) is 2.66. The molecule has 20 heavy (non-hydrogen) atoms. The number of rotatable bonds is 6. The summed E-state index contributed by atoms with van der Waals surface area (Å²) in [5, 5.41) is 8.71. The Morgan fingerprint density at radius 3 is 1.45 bits per heavy atom. The molecule has 0 amide bonds. The van der Waals surface area contributed by atoms with Crippen LogP contribution in [0.3, 0.4) is 0 Å². The zero-order chi connectivity index (χ0) is 16.5. The molecule has 0 radical (unpaired) electrons. The van der Waals surface area contributed by atoms with E-state index < -0.39 is 5.97 Å². The molecule has 0 spiro atoms. The molecule has 0 unspecified atom stereocenters. The average Bonchev–Trinajstić information content (AvgIpc) is 2.12. The first-order valence-corrected chi connectivity index (χ1v) is 7.41. The predicted octanol–water partition coefficient (Wildman–Crippen LogP) is 3.98. The number of hydrogen-bond donors (Lipinski definition) is 1. The van der Waals surface area contributed by atoms with Crippen molar-refractivity contribution < 1.29 is 19.4 Å². The summed E-state index contributed by atoms with van der Waals surface area (Å²) in [6.45, 7) is 15.5. The first kappa shape index (κ1) is 21.2. The number of carbonyl (C=O) groups excluding carboxylic acids is 1. The van der Waals surface area contributed by atoms with E-state index in [9.17, 15) is 9.59 Å². The van der Waals surface area contributed by atoms with Gasteiger partial charge < -0.3 is 9.84 Å². The standard InChI is InChI=1S/2C8H16O2/c1-6(2)5-8(9)10-7(3)4;1-5(2)7(6(3)4)8(9)10/h6-7H,5H2,1-4H3;5-7H,1-4H3,(H,9,10). The Balaban J connectivity index is 0. The summed E-state index contributed by atoms with van der Waals surface area (Å²) in [7, 11) is 0. The second-order valence-corrected chi connectivity index (χ2v) is 6.49. The summed E-state index contributed by atoms with van der Waals surface area (Å²) >= 11 is 0. The summed E-state index contributed by atoms with van der Waals surface area (Å²) < 4.78 is 4.92. The topological polar surface area (TPSA) is 63.6 Å². The van der Waals surface area contributed by atoms with Crippen LogP contribution in [0.2, 0.25) is 0 Å². The molecule has 1 N–H and O–H groups in total. The maximum atomic E-state index is 10.8. The van der Waals surface area contributed by atoms with Crippen molar-refractivity contribution in [2.75, 3.05) is 0 Å². The van der Waals surface area contributed by atoms with Gasteiger partial charge in [0.25, 0.3) is 0 Å². The van der Waals surface area contributed by atoms with Crippen LogP contribution in [0.25, 0.3) is 0 Å². The van der Waals surface area contributed by atoms with Crippen molar-refractivity contribution in [3.63, 3.8) is 0 Å². The maximum Gasteiger partial charge on any atom is 0.307 e. The molecule has 120 valence electrons. The lowest BCUT2D eigenvalue weighted by Gasteiger charge is -2.19. The van der Waals surface area contributed by atoms with Gasteiger partial charge in [-0.05, 0) is 31.6 Å². The molecule has 0 heterocycles. The van der Waals surface area contributed by atoms with E-state index in [1.807, 2.05) is 55.4 Å². The van der Waals surface area contributed by atoms with Gasteiger partial charge in [0.05, 0.1) is 12.0 Å². The summed E-state index contributed by atoms with van der Waals surface area (Å²) in [5.41, 5.74) is 0. The highest BCUT2D eigenvalue weighted by Crippen LogP contribution is 2.20. The fourth-order valence-corrected chi connectivity index (χ4v) is 1.98. The molecule has 0 bridgehead atoms. The van der Waals surface area contributed by atoms with Crippen molar-refractivity contribution >= 4 is 11.9 Å². The number of carboxylic acid groups (broad SMARTS) is 1. The summed E-state index contributed by atoms with van der Waals surface area (Å²) in [6, 6.07) is 0. The molecule has 0 saturated carbocycles. The Labute approximate surface area is 123 Å². The van der Waals surface area contributed by atoms with Crippen LogP contribution in [-0.2, 0) is 14.3 Å². The van der Waals surface area contributed by atoms with Crippen LogP contribution in [0.15, 0.2) is 0 Å². The van der Waals surface area contributed by atoms with Gasteiger partial charge in [-0.1, -0.05) is 41.5 Å². The third kappa shape index (κ3) is 12.0. The molecule has 0 atom stereocenters. The highest BCUT2D eigenvalue weighted by molar-refractivity contribution is 5.70. The monoisotopic (exact) mass is 288 g/mol. The Bertz CT molecular complexity index is 258. The highest BCUT2D eigenvalue weighted by atomic mass is 16.5. The van der Waals surface area contributed by atoms with Crippen LogP contribution in [0.4, 0.5) is 0 Å². The van der Waals surface area contributed by atoms with E-state index in [0.29, 0.717) is 12.3 Å². The lowest BCUT2D eigenvalue weighted by Crippen LogP contribution is -2.24. The minimum Gasteiger partial charge on any atom is -0.481 e. The smallest absolute Gasteiger partial charge is 0.307 e. The number of esters is 1. The zero-order valence-electron chi connectivity index (χ0n) is 14.3. The largest absolute Gasteiger partial charge is 0.481 e. The van der Waals surface area contributed by atoms with Gasteiger partial charge >= 0.3 is 11.9 Å². The normalized spacial score (nSPS) is 11.1. The first-order valence-electron chi connectivity index (χ1n) is 7.41. The Morgan fingerprint density at radius 2 is 1.30 bits per heavy atom. The van der Waals surface area contributed by atoms with Gasteiger partial charge in [0.2, 0.25) is 0 Å². The minimum absolute atomic E-state index is 0.0197.